The zero-order valence-corrected chi connectivity index (χ0v) is 10.9. The van der Waals surface area contributed by atoms with E-state index in [0.29, 0.717) is 5.56 Å². The summed E-state index contributed by atoms with van der Waals surface area (Å²) >= 11 is 0. The van der Waals surface area contributed by atoms with Gasteiger partial charge in [-0.1, -0.05) is 6.07 Å². The number of likely N-dealkylation sites (N-methyl/N-ethyl adjacent to an activating group) is 1. The average Bonchev–Trinajstić information content (AvgIpc) is 2.26. The van der Waals surface area contributed by atoms with Crippen LogP contribution in [-0.2, 0) is 20.3 Å². The Morgan fingerprint density at radius 3 is 2.50 bits per heavy atom. The molecule has 0 radical (unpaired) electrons. The second-order valence-electron chi connectivity index (χ2n) is 3.98. The largest absolute Gasteiger partial charge is 0.508 e. The van der Waals surface area contributed by atoms with Crippen molar-refractivity contribution in [1.82, 2.24) is 4.67 Å². The molecule has 1 aromatic rings. The van der Waals surface area contributed by atoms with Crippen molar-refractivity contribution in [3.8, 4) is 5.75 Å². The number of nitrogens with zero attached hydrogens (tertiary/aromatic N) is 1. The smallest absolute Gasteiger partial charge is 0.399 e. The Kier molecular flexibility index (Phi) is 4.64. The van der Waals surface area contributed by atoms with Gasteiger partial charge in [-0.2, -0.15) is 4.67 Å². The zero-order chi connectivity index (χ0) is 13.9. The van der Waals surface area contributed by atoms with Gasteiger partial charge in [-0.15, -0.1) is 0 Å². The highest BCUT2D eigenvalue weighted by atomic mass is 31.1. The maximum Gasteiger partial charge on any atom is 0.399 e. The van der Waals surface area contributed by atoms with Crippen LogP contribution >= 0.6 is 7.83 Å². The van der Waals surface area contributed by atoms with E-state index in [4.69, 9.17) is 5.11 Å². The maximum absolute atomic E-state index is 11.1. The van der Waals surface area contributed by atoms with Crippen molar-refractivity contribution < 1.29 is 24.1 Å². The summed E-state index contributed by atoms with van der Waals surface area (Å²) in [5.41, 5.74) is 1.40. The molecule has 0 aliphatic heterocycles. The molecular formula is C11H14NO5P. The number of aryl methyl sites for hydroxylation is 1. The maximum atomic E-state index is 11.1. The van der Waals surface area contributed by atoms with E-state index >= 15 is 0 Å². The first-order chi connectivity index (χ1) is 8.32. The predicted octanol–water partition coefficient (Wildman–Crippen LogP) is 1.72. The number of hydrogen-bond donors (Lipinski definition) is 2. The van der Waals surface area contributed by atoms with Crippen LogP contribution in [-0.4, -0.2) is 33.9 Å². The van der Waals surface area contributed by atoms with E-state index in [1.54, 1.807) is 13.0 Å². The molecule has 6 nitrogen and oxygen atoms in total. The number of hydrogen-bond acceptors (Lipinski definition) is 4. The molecule has 0 bridgehead atoms. The Bertz CT molecular complexity index is 518. The Morgan fingerprint density at radius 1 is 1.44 bits per heavy atom. The number of carboxylic acids is 1. The molecule has 0 spiro atoms. The van der Waals surface area contributed by atoms with Crippen molar-refractivity contribution in [2.75, 3.05) is 7.05 Å². The molecule has 18 heavy (non-hydrogen) atoms. The standard InChI is InChI=1S/C11H14NO5P/c1-7-5-9(13)4-3-8(7)6-10(11(14)15)12(2)18(16)17/h3-5,10,13H,6H2,1-2H3,(H,14,15). The van der Waals surface area contributed by atoms with Crippen molar-refractivity contribution in [1.29, 1.82) is 0 Å². The van der Waals surface area contributed by atoms with Crippen LogP contribution in [0.2, 0.25) is 0 Å². The normalized spacial score (nSPS) is 12.4. The number of phenols is 1. The third-order valence-electron chi connectivity index (χ3n) is 2.73. The van der Waals surface area contributed by atoms with E-state index in [0.717, 1.165) is 10.2 Å². The van der Waals surface area contributed by atoms with Gasteiger partial charge in [0, 0.05) is 7.05 Å². The van der Waals surface area contributed by atoms with Gasteiger partial charge < -0.3 is 10.2 Å². The fraction of sp³-hybridized carbons (Fsp3) is 0.364. The molecule has 0 fully saturated rings. The zero-order valence-electron chi connectivity index (χ0n) is 10.0. The summed E-state index contributed by atoms with van der Waals surface area (Å²) in [4.78, 5) is 11.1. The van der Waals surface area contributed by atoms with Crippen LogP contribution in [0.15, 0.2) is 18.2 Å². The van der Waals surface area contributed by atoms with Crippen molar-refractivity contribution in [2.45, 2.75) is 19.4 Å². The molecule has 1 aromatic carbocycles. The molecule has 2 N–H and O–H groups in total. The minimum absolute atomic E-state index is 0.0568. The van der Waals surface area contributed by atoms with Crippen molar-refractivity contribution >= 4 is 13.8 Å². The number of carboxylic acid groups (broad SMARTS) is 1. The second-order valence-corrected chi connectivity index (χ2v) is 5.09. The lowest BCUT2D eigenvalue weighted by Crippen LogP contribution is -2.35. The first kappa shape index (κ1) is 14.4. The van der Waals surface area contributed by atoms with Crippen LogP contribution in [0.5, 0.6) is 5.75 Å². The van der Waals surface area contributed by atoms with Gasteiger partial charge in [-0.05, 0) is 36.6 Å². The molecular weight excluding hydrogens is 257 g/mol. The van der Waals surface area contributed by atoms with E-state index in [-0.39, 0.29) is 12.2 Å². The molecule has 0 saturated heterocycles. The highest BCUT2D eigenvalue weighted by Gasteiger charge is 2.26. The van der Waals surface area contributed by atoms with Crippen molar-refractivity contribution in [3.05, 3.63) is 29.3 Å². The van der Waals surface area contributed by atoms with E-state index in [1.165, 1.54) is 19.2 Å². The summed E-state index contributed by atoms with van der Waals surface area (Å²) < 4.78 is 22.5. The molecule has 0 saturated carbocycles. The quantitative estimate of drug-likeness (QED) is 0.792. The van der Waals surface area contributed by atoms with Crippen LogP contribution < -0.4 is 0 Å². The topological polar surface area (TPSA) is 94.9 Å². The molecule has 1 rings (SSSR count). The number of aliphatic carboxylic acids is 1. The first-order valence-electron chi connectivity index (χ1n) is 5.21. The van der Waals surface area contributed by atoms with E-state index in [9.17, 15) is 19.0 Å². The fourth-order valence-electron chi connectivity index (χ4n) is 1.61. The highest BCUT2D eigenvalue weighted by molar-refractivity contribution is 7.27. The number of aromatic hydroxyl groups is 1. The van der Waals surface area contributed by atoms with Gasteiger partial charge in [0.1, 0.15) is 11.8 Å². The van der Waals surface area contributed by atoms with Crippen LogP contribution in [0.3, 0.4) is 0 Å². The van der Waals surface area contributed by atoms with Crippen molar-refractivity contribution in [3.63, 3.8) is 0 Å². The van der Waals surface area contributed by atoms with Crippen LogP contribution in [0, 0.1) is 6.92 Å². The summed E-state index contributed by atoms with van der Waals surface area (Å²) in [6, 6.07) is 3.39. The SMILES string of the molecule is Cc1cc(O)ccc1CC(C(=O)O)N(C)P(=O)=O. The molecule has 98 valence electrons. The third-order valence-corrected chi connectivity index (χ3v) is 3.53. The van der Waals surface area contributed by atoms with E-state index in [2.05, 4.69) is 0 Å². The highest BCUT2D eigenvalue weighted by Crippen LogP contribution is 2.22. The van der Waals surface area contributed by atoms with E-state index in [1.807, 2.05) is 0 Å². The lowest BCUT2D eigenvalue weighted by Gasteiger charge is -2.18. The third kappa shape index (κ3) is 3.42. The van der Waals surface area contributed by atoms with Crippen LogP contribution in [0.1, 0.15) is 11.1 Å². The monoisotopic (exact) mass is 271 g/mol. The van der Waals surface area contributed by atoms with Gasteiger partial charge in [0.25, 0.3) is 0 Å². The molecule has 1 atom stereocenters. The average molecular weight is 271 g/mol. The van der Waals surface area contributed by atoms with Crippen LogP contribution in [0.25, 0.3) is 0 Å². The summed E-state index contributed by atoms with van der Waals surface area (Å²) in [7, 11) is -1.72. The summed E-state index contributed by atoms with van der Waals surface area (Å²) in [6.07, 6.45) is 0.0568. The fourth-order valence-corrected chi connectivity index (χ4v) is 2.02. The molecule has 0 amide bonds. The van der Waals surface area contributed by atoms with Gasteiger partial charge in [-0.3, -0.25) is 4.79 Å². The molecule has 0 aliphatic rings. The lowest BCUT2D eigenvalue weighted by molar-refractivity contribution is -0.141. The van der Waals surface area contributed by atoms with Crippen molar-refractivity contribution in [2.24, 2.45) is 0 Å². The van der Waals surface area contributed by atoms with Crippen LogP contribution in [0.4, 0.5) is 0 Å². The molecule has 1 unspecified atom stereocenters. The Hall–Kier alpha value is -1.65. The Balaban J connectivity index is 3.00. The molecule has 0 heterocycles. The molecule has 7 heteroatoms. The second kappa shape index (κ2) is 5.80. The number of phenolic OH excluding ortho intramolecular Hbond substituents is 1. The van der Waals surface area contributed by atoms with Gasteiger partial charge >= 0.3 is 13.8 Å². The van der Waals surface area contributed by atoms with Gasteiger partial charge in [0.2, 0.25) is 0 Å². The summed E-state index contributed by atoms with van der Waals surface area (Å²) in [5, 5.41) is 18.3. The van der Waals surface area contributed by atoms with E-state index < -0.39 is 19.8 Å². The Labute approximate surface area is 105 Å². The Morgan fingerprint density at radius 2 is 2.06 bits per heavy atom. The molecule has 0 aromatic heterocycles. The number of benzene rings is 1. The first-order valence-corrected chi connectivity index (χ1v) is 6.34. The van der Waals surface area contributed by atoms with Gasteiger partial charge in [-0.25, -0.2) is 9.13 Å². The predicted molar refractivity (Wildman–Crippen MR) is 64.0 cm³/mol. The van der Waals surface area contributed by atoms with Gasteiger partial charge in [0.15, 0.2) is 0 Å². The summed E-state index contributed by atoms with van der Waals surface area (Å²) in [6.45, 7) is 1.73. The minimum atomic E-state index is -2.94. The molecule has 0 aliphatic carbocycles. The summed E-state index contributed by atoms with van der Waals surface area (Å²) in [5.74, 6) is -1.12. The number of carbonyl (C=O) groups is 1. The number of rotatable bonds is 5. The van der Waals surface area contributed by atoms with Gasteiger partial charge in [0.05, 0.1) is 0 Å². The lowest BCUT2D eigenvalue weighted by atomic mass is 10.0. The minimum Gasteiger partial charge on any atom is -0.508 e.